The van der Waals surface area contributed by atoms with Gasteiger partial charge in [0.1, 0.15) is 0 Å². The van der Waals surface area contributed by atoms with E-state index in [9.17, 15) is 18.0 Å². The van der Waals surface area contributed by atoms with Crippen LogP contribution in [-0.2, 0) is 10.0 Å². The Morgan fingerprint density at radius 1 is 0.733 bits per heavy atom. The summed E-state index contributed by atoms with van der Waals surface area (Å²) in [4.78, 5) is 23.8. The summed E-state index contributed by atoms with van der Waals surface area (Å²) in [6.45, 7) is 5.33. The molecule has 6 nitrogen and oxygen atoms in total. The molecule has 0 heterocycles. The van der Waals surface area contributed by atoms with Gasteiger partial charge < -0.3 is 5.32 Å². The summed E-state index contributed by atoms with van der Waals surface area (Å²) in [5.41, 5.74) is 3.95. The summed E-state index contributed by atoms with van der Waals surface area (Å²) in [7, 11) is -3.77. The first-order valence-corrected chi connectivity index (χ1v) is 10.8. The third-order valence-corrected chi connectivity index (χ3v) is 6.13. The largest absolute Gasteiger partial charge is 0.322 e. The molecule has 0 aliphatic rings. The summed E-state index contributed by atoms with van der Waals surface area (Å²) >= 11 is 0. The second-order valence-corrected chi connectivity index (χ2v) is 8.70. The normalized spacial score (nSPS) is 11.0. The molecule has 0 aliphatic carbocycles. The number of aryl methyl sites for hydroxylation is 2. The van der Waals surface area contributed by atoms with Gasteiger partial charge in [-0.05, 0) is 92.6 Å². The van der Waals surface area contributed by atoms with Crippen molar-refractivity contribution >= 4 is 33.1 Å². The summed E-state index contributed by atoms with van der Waals surface area (Å²) in [5, 5.41) is 2.72. The predicted octanol–water partition coefficient (Wildman–Crippen LogP) is 4.56. The predicted molar refractivity (Wildman–Crippen MR) is 118 cm³/mol. The van der Waals surface area contributed by atoms with Crippen LogP contribution in [0.2, 0.25) is 0 Å². The quantitative estimate of drug-likeness (QED) is 0.570. The number of ketones is 1. The molecule has 0 unspecified atom stereocenters. The summed E-state index contributed by atoms with van der Waals surface area (Å²) in [6.07, 6.45) is 0. The maximum Gasteiger partial charge on any atom is 0.261 e. The topological polar surface area (TPSA) is 92.3 Å². The zero-order valence-corrected chi connectivity index (χ0v) is 17.7. The Labute approximate surface area is 176 Å². The minimum absolute atomic E-state index is 0.0564. The Hall–Kier alpha value is -3.45. The van der Waals surface area contributed by atoms with E-state index >= 15 is 0 Å². The molecule has 0 bridgehead atoms. The van der Waals surface area contributed by atoms with E-state index in [0.29, 0.717) is 22.5 Å². The number of carbonyl (C=O) groups excluding carboxylic acids is 2. The molecule has 3 aromatic rings. The lowest BCUT2D eigenvalue weighted by Gasteiger charge is -2.11. The van der Waals surface area contributed by atoms with Crippen molar-refractivity contribution in [3.63, 3.8) is 0 Å². The lowest BCUT2D eigenvalue weighted by molar-refractivity contribution is 0.101. The fourth-order valence-electron chi connectivity index (χ4n) is 2.80. The molecule has 154 valence electrons. The highest BCUT2D eigenvalue weighted by atomic mass is 32.2. The standard InChI is InChI=1S/C23H22N2O4S/c1-15-4-9-21(14-16(15)2)25-30(28,29)22-12-7-19(8-13-22)23(27)24-20-10-5-18(6-11-20)17(3)26/h4-14,25H,1-3H3,(H,24,27). The van der Waals surface area contributed by atoms with E-state index in [-0.39, 0.29) is 16.6 Å². The molecule has 3 aromatic carbocycles. The molecule has 0 saturated heterocycles. The van der Waals surface area contributed by atoms with E-state index in [2.05, 4.69) is 10.0 Å². The van der Waals surface area contributed by atoms with E-state index in [1.807, 2.05) is 19.9 Å². The summed E-state index contributed by atoms with van der Waals surface area (Å²) in [5.74, 6) is -0.435. The fraction of sp³-hybridized carbons (Fsp3) is 0.130. The molecule has 30 heavy (non-hydrogen) atoms. The monoisotopic (exact) mass is 422 g/mol. The van der Waals surface area contributed by atoms with Crippen molar-refractivity contribution in [3.8, 4) is 0 Å². The van der Waals surface area contributed by atoms with E-state index in [4.69, 9.17) is 0 Å². The highest BCUT2D eigenvalue weighted by molar-refractivity contribution is 7.92. The van der Waals surface area contributed by atoms with Gasteiger partial charge in [0, 0.05) is 22.5 Å². The van der Waals surface area contributed by atoms with Gasteiger partial charge in [-0.2, -0.15) is 0 Å². The van der Waals surface area contributed by atoms with E-state index < -0.39 is 10.0 Å². The first-order chi connectivity index (χ1) is 14.2. The van der Waals surface area contributed by atoms with Crippen LogP contribution in [0, 0.1) is 13.8 Å². The molecule has 1 amide bonds. The molecule has 0 radical (unpaired) electrons. The van der Waals surface area contributed by atoms with Crippen LogP contribution in [0.3, 0.4) is 0 Å². The molecule has 7 heteroatoms. The van der Waals surface area contributed by atoms with Crippen molar-refractivity contribution in [2.24, 2.45) is 0 Å². The molecule has 0 saturated carbocycles. The van der Waals surface area contributed by atoms with Crippen molar-refractivity contribution in [2.75, 3.05) is 10.0 Å². The van der Waals surface area contributed by atoms with Crippen LogP contribution in [0.1, 0.15) is 38.8 Å². The Balaban J connectivity index is 1.72. The van der Waals surface area contributed by atoms with Gasteiger partial charge >= 0.3 is 0 Å². The molecule has 0 aromatic heterocycles. The fourth-order valence-corrected chi connectivity index (χ4v) is 3.85. The van der Waals surface area contributed by atoms with Gasteiger partial charge in [-0.1, -0.05) is 6.07 Å². The molecule has 0 atom stereocenters. The lowest BCUT2D eigenvalue weighted by Crippen LogP contribution is -2.15. The Morgan fingerprint density at radius 2 is 1.30 bits per heavy atom. The van der Waals surface area contributed by atoms with Crippen molar-refractivity contribution in [1.82, 2.24) is 0 Å². The Kier molecular flexibility index (Phi) is 6.03. The highest BCUT2D eigenvalue weighted by Gasteiger charge is 2.16. The molecule has 0 fully saturated rings. The van der Waals surface area contributed by atoms with Gasteiger partial charge in [-0.15, -0.1) is 0 Å². The zero-order valence-electron chi connectivity index (χ0n) is 16.9. The van der Waals surface area contributed by atoms with E-state index in [1.54, 1.807) is 36.4 Å². The van der Waals surface area contributed by atoms with Crippen LogP contribution < -0.4 is 10.0 Å². The highest BCUT2D eigenvalue weighted by Crippen LogP contribution is 2.20. The molecular weight excluding hydrogens is 400 g/mol. The number of rotatable bonds is 6. The number of benzene rings is 3. The number of carbonyl (C=O) groups is 2. The smallest absolute Gasteiger partial charge is 0.261 e. The van der Waals surface area contributed by atoms with Crippen LogP contribution in [0.5, 0.6) is 0 Å². The third-order valence-electron chi connectivity index (χ3n) is 4.74. The van der Waals surface area contributed by atoms with E-state index in [0.717, 1.165) is 11.1 Å². The molecule has 0 spiro atoms. The summed E-state index contributed by atoms with van der Waals surface area (Å²) in [6, 6.07) is 17.5. The zero-order chi connectivity index (χ0) is 21.9. The average Bonchev–Trinajstić information content (AvgIpc) is 2.71. The Morgan fingerprint density at radius 3 is 1.87 bits per heavy atom. The van der Waals surface area contributed by atoms with Crippen LogP contribution in [0.4, 0.5) is 11.4 Å². The number of amides is 1. The number of sulfonamides is 1. The van der Waals surface area contributed by atoms with Crippen LogP contribution >= 0.6 is 0 Å². The average molecular weight is 423 g/mol. The first kappa shape index (κ1) is 21.3. The van der Waals surface area contributed by atoms with E-state index in [1.165, 1.54) is 31.2 Å². The summed E-state index contributed by atoms with van der Waals surface area (Å²) < 4.78 is 27.8. The van der Waals surface area contributed by atoms with Crippen LogP contribution in [-0.4, -0.2) is 20.1 Å². The maximum absolute atomic E-state index is 12.6. The number of hydrogen-bond acceptors (Lipinski definition) is 4. The van der Waals surface area contributed by atoms with Crippen LogP contribution in [0.25, 0.3) is 0 Å². The second-order valence-electron chi connectivity index (χ2n) is 7.02. The molecule has 2 N–H and O–H groups in total. The van der Waals surface area contributed by atoms with Gasteiger partial charge in [0.2, 0.25) is 0 Å². The minimum atomic E-state index is -3.77. The minimum Gasteiger partial charge on any atom is -0.322 e. The number of nitrogens with one attached hydrogen (secondary N) is 2. The third kappa shape index (κ3) is 4.93. The first-order valence-electron chi connectivity index (χ1n) is 9.28. The molecule has 3 rings (SSSR count). The Bertz CT molecular complexity index is 1200. The van der Waals surface area contributed by atoms with Gasteiger partial charge in [0.25, 0.3) is 15.9 Å². The number of Topliss-reactive ketones (excluding diaryl/α,β-unsaturated/α-hetero) is 1. The molecule has 0 aliphatic heterocycles. The van der Waals surface area contributed by atoms with Gasteiger partial charge in [0.05, 0.1) is 4.90 Å². The van der Waals surface area contributed by atoms with Crippen molar-refractivity contribution in [3.05, 3.63) is 89.0 Å². The van der Waals surface area contributed by atoms with Crippen molar-refractivity contribution in [1.29, 1.82) is 0 Å². The van der Waals surface area contributed by atoms with Crippen LogP contribution in [0.15, 0.2) is 71.6 Å². The molecular formula is C23H22N2O4S. The maximum atomic E-state index is 12.6. The van der Waals surface area contributed by atoms with Crippen molar-refractivity contribution < 1.29 is 18.0 Å². The van der Waals surface area contributed by atoms with Gasteiger partial charge in [-0.3, -0.25) is 14.3 Å². The SMILES string of the molecule is CC(=O)c1ccc(NC(=O)c2ccc(S(=O)(=O)Nc3ccc(C)c(C)c3)cc2)cc1. The van der Waals surface area contributed by atoms with Gasteiger partial charge in [0.15, 0.2) is 5.78 Å². The number of anilines is 2. The number of hydrogen-bond donors (Lipinski definition) is 2. The lowest BCUT2D eigenvalue weighted by atomic mass is 10.1. The second kappa shape index (κ2) is 8.51. The van der Waals surface area contributed by atoms with Crippen molar-refractivity contribution in [2.45, 2.75) is 25.7 Å². The van der Waals surface area contributed by atoms with Gasteiger partial charge in [-0.25, -0.2) is 8.42 Å².